The Balaban J connectivity index is 2.47. The lowest BCUT2D eigenvalue weighted by molar-refractivity contribution is 0.0204. The Morgan fingerprint density at radius 3 is 2.67 bits per heavy atom. The Morgan fingerprint density at radius 2 is 2.08 bits per heavy atom. The van der Waals surface area contributed by atoms with Gasteiger partial charge in [-0.05, 0) is 34.6 Å². The maximum Gasteiger partial charge on any atom is 0.410 e. The number of ether oxygens (including phenoxy) is 2. The fourth-order valence-electron chi connectivity index (χ4n) is 2.19. The first-order valence-corrected chi connectivity index (χ1v) is 8.43. The SMILES string of the molecule is COCCN(CCNCc1cncn1C(C)C)C(=O)OC(C)(C)C. The molecule has 1 heterocycles. The maximum absolute atomic E-state index is 12.2. The monoisotopic (exact) mass is 340 g/mol. The van der Waals surface area contributed by atoms with Crippen LogP contribution in [0.25, 0.3) is 0 Å². The molecule has 0 saturated heterocycles. The zero-order chi connectivity index (χ0) is 18.2. The molecule has 0 spiro atoms. The summed E-state index contributed by atoms with van der Waals surface area (Å²) in [5.74, 6) is 0. The third kappa shape index (κ3) is 7.31. The normalized spacial score (nSPS) is 11.8. The highest BCUT2D eigenvalue weighted by molar-refractivity contribution is 5.68. The second-order valence-electron chi connectivity index (χ2n) is 7.02. The van der Waals surface area contributed by atoms with Crippen molar-refractivity contribution in [3.8, 4) is 0 Å². The summed E-state index contributed by atoms with van der Waals surface area (Å²) in [6, 6.07) is 0.379. The number of rotatable bonds is 9. The number of nitrogens with zero attached hydrogens (tertiary/aromatic N) is 3. The second kappa shape index (κ2) is 9.64. The first-order chi connectivity index (χ1) is 11.2. The predicted octanol–water partition coefficient (Wildman–Crippen LogP) is 2.44. The average molecular weight is 340 g/mol. The van der Waals surface area contributed by atoms with Crippen molar-refractivity contribution in [2.24, 2.45) is 0 Å². The number of aromatic nitrogens is 2. The van der Waals surface area contributed by atoms with Crippen LogP contribution in [-0.4, -0.2) is 59.5 Å². The Kier molecular flexibility index (Phi) is 8.21. The topological polar surface area (TPSA) is 68.6 Å². The lowest BCUT2D eigenvalue weighted by Crippen LogP contribution is -2.42. The second-order valence-corrected chi connectivity index (χ2v) is 7.02. The molecule has 0 bridgehead atoms. The molecule has 1 aromatic heterocycles. The van der Waals surface area contributed by atoms with Crippen molar-refractivity contribution in [2.45, 2.75) is 52.8 Å². The third-order valence-corrected chi connectivity index (χ3v) is 3.38. The molecule has 0 aliphatic heterocycles. The molecule has 0 saturated carbocycles. The molecular weight excluding hydrogens is 308 g/mol. The van der Waals surface area contributed by atoms with Crippen molar-refractivity contribution in [1.82, 2.24) is 19.8 Å². The Labute approximate surface area is 145 Å². The molecule has 7 heteroatoms. The number of imidazole rings is 1. The summed E-state index contributed by atoms with van der Waals surface area (Å²) in [5.41, 5.74) is 0.630. The Hall–Kier alpha value is -1.60. The molecule has 0 radical (unpaired) electrons. The van der Waals surface area contributed by atoms with Crippen LogP contribution < -0.4 is 5.32 Å². The maximum atomic E-state index is 12.2. The third-order valence-electron chi connectivity index (χ3n) is 3.38. The van der Waals surface area contributed by atoms with E-state index in [9.17, 15) is 4.79 Å². The molecule has 1 amide bonds. The first-order valence-electron chi connectivity index (χ1n) is 8.43. The highest BCUT2D eigenvalue weighted by atomic mass is 16.6. The van der Waals surface area contributed by atoms with Gasteiger partial charge in [0.15, 0.2) is 0 Å². The fourth-order valence-corrected chi connectivity index (χ4v) is 2.19. The summed E-state index contributed by atoms with van der Waals surface area (Å²) in [5, 5.41) is 3.36. The van der Waals surface area contributed by atoms with Gasteiger partial charge in [-0.2, -0.15) is 0 Å². The van der Waals surface area contributed by atoms with Crippen LogP contribution in [0.4, 0.5) is 4.79 Å². The average Bonchev–Trinajstić information content (AvgIpc) is 2.93. The van der Waals surface area contributed by atoms with Crippen LogP contribution in [0.15, 0.2) is 12.5 Å². The van der Waals surface area contributed by atoms with Crippen molar-refractivity contribution in [3.63, 3.8) is 0 Å². The molecular formula is C17H32N4O3. The van der Waals surface area contributed by atoms with E-state index in [0.717, 1.165) is 5.69 Å². The van der Waals surface area contributed by atoms with E-state index < -0.39 is 5.60 Å². The van der Waals surface area contributed by atoms with Crippen LogP contribution in [0.3, 0.4) is 0 Å². The molecule has 7 nitrogen and oxygen atoms in total. The molecule has 1 aromatic rings. The van der Waals surface area contributed by atoms with Gasteiger partial charge in [0.25, 0.3) is 0 Å². The van der Waals surface area contributed by atoms with Crippen molar-refractivity contribution in [2.75, 3.05) is 33.4 Å². The lowest BCUT2D eigenvalue weighted by Gasteiger charge is -2.27. The number of carbonyl (C=O) groups is 1. The Bertz CT molecular complexity index is 494. The summed E-state index contributed by atoms with van der Waals surface area (Å²) in [7, 11) is 1.62. The quantitative estimate of drug-likeness (QED) is 0.699. The van der Waals surface area contributed by atoms with Crippen molar-refractivity contribution in [3.05, 3.63) is 18.2 Å². The highest BCUT2D eigenvalue weighted by Gasteiger charge is 2.21. The van der Waals surface area contributed by atoms with E-state index in [-0.39, 0.29) is 6.09 Å². The zero-order valence-electron chi connectivity index (χ0n) is 15.8. The smallest absolute Gasteiger partial charge is 0.410 e. The van der Waals surface area contributed by atoms with Crippen LogP contribution in [0.2, 0.25) is 0 Å². The molecule has 1 rings (SSSR count). The summed E-state index contributed by atoms with van der Waals surface area (Å²) in [6.07, 6.45) is 3.39. The highest BCUT2D eigenvalue weighted by Crippen LogP contribution is 2.10. The molecule has 0 aromatic carbocycles. The summed E-state index contributed by atoms with van der Waals surface area (Å²) >= 11 is 0. The van der Waals surface area contributed by atoms with Crippen LogP contribution in [0, 0.1) is 0 Å². The van der Waals surface area contributed by atoms with E-state index in [0.29, 0.717) is 38.8 Å². The molecule has 0 fully saturated rings. The fraction of sp³-hybridized carbons (Fsp3) is 0.765. The van der Waals surface area contributed by atoms with E-state index in [1.165, 1.54) is 0 Å². The van der Waals surface area contributed by atoms with E-state index >= 15 is 0 Å². The van der Waals surface area contributed by atoms with Gasteiger partial charge >= 0.3 is 6.09 Å². The first kappa shape index (κ1) is 20.4. The number of nitrogens with one attached hydrogen (secondary N) is 1. The molecule has 0 aliphatic rings. The number of methoxy groups -OCH3 is 1. The van der Waals surface area contributed by atoms with E-state index in [1.54, 1.807) is 12.0 Å². The summed E-state index contributed by atoms with van der Waals surface area (Å²) in [4.78, 5) is 18.1. The largest absolute Gasteiger partial charge is 0.444 e. The predicted molar refractivity (Wildman–Crippen MR) is 94.0 cm³/mol. The van der Waals surface area contributed by atoms with Gasteiger partial charge < -0.3 is 24.3 Å². The number of hydrogen-bond acceptors (Lipinski definition) is 5. The molecule has 138 valence electrons. The lowest BCUT2D eigenvalue weighted by atomic mass is 10.2. The van der Waals surface area contributed by atoms with Gasteiger partial charge in [-0.25, -0.2) is 9.78 Å². The van der Waals surface area contributed by atoms with Crippen molar-refractivity contribution in [1.29, 1.82) is 0 Å². The zero-order valence-corrected chi connectivity index (χ0v) is 15.8. The number of amides is 1. The van der Waals surface area contributed by atoms with E-state index in [1.807, 2.05) is 33.3 Å². The van der Waals surface area contributed by atoms with Crippen molar-refractivity contribution >= 4 is 6.09 Å². The minimum absolute atomic E-state index is 0.312. The van der Waals surface area contributed by atoms with E-state index in [2.05, 4.69) is 28.7 Å². The molecule has 0 unspecified atom stereocenters. The van der Waals surface area contributed by atoms with Crippen LogP contribution in [0.1, 0.15) is 46.4 Å². The molecule has 1 N–H and O–H groups in total. The van der Waals surface area contributed by atoms with Gasteiger partial charge in [0, 0.05) is 45.5 Å². The van der Waals surface area contributed by atoms with Gasteiger partial charge in [-0.3, -0.25) is 0 Å². The van der Waals surface area contributed by atoms with Gasteiger partial charge in [0.1, 0.15) is 5.60 Å². The number of hydrogen-bond donors (Lipinski definition) is 1. The number of carbonyl (C=O) groups excluding carboxylic acids is 1. The van der Waals surface area contributed by atoms with Crippen LogP contribution in [0.5, 0.6) is 0 Å². The summed E-state index contributed by atoms with van der Waals surface area (Å²) < 4.78 is 12.6. The molecule has 0 aliphatic carbocycles. The minimum atomic E-state index is -0.500. The van der Waals surface area contributed by atoms with Gasteiger partial charge in [-0.15, -0.1) is 0 Å². The van der Waals surface area contributed by atoms with Gasteiger partial charge in [-0.1, -0.05) is 0 Å². The van der Waals surface area contributed by atoms with Gasteiger partial charge in [0.2, 0.25) is 0 Å². The standard InChI is InChI=1S/C17H32N4O3/c1-14(2)21-13-19-12-15(21)11-18-7-8-20(9-10-23-6)16(22)24-17(3,4)5/h12-14,18H,7-11H2,1-6H3. The Morgan fingerprint density at radius 1 is 1.38 bits per heavy atom. The van der Waals surface area contributed by atoms with E-state index in [4.69, 9.17) is 9.47 Å². The van der Waals surface area contributed by atoms with Gasteiger partial charge in [0.05, 0.1) is 18.6 Å². The summed E-state index contributed by atoms with van der Waals surface area (Å²) in [6.45, 7) is 12.8. The molecule has 0 atom stereocenters. The minimum Gasteiger partial charge on any atom is -0.444 e. The molecule has 24 heavy (non-hydrogen) atoms. The van der Waals surface area contributed by atoms with Crippen LogP contribution in [-0.2, 0) is 16.0 Å². The van der Waals surface area contributed by atoms with Crippen molar-refractivity contribution < 1.29 is 14.3 Å². The van der Waals surface area contributed by atoms with Crippen LogP contribution >= 0.6 is 0 Å².